The van der Waals surface area contributed by atoms with Gasteiger partial charge >= 0.3 is 0 Å². The molecule has 1 heterocycles. The number of benzene rings is 1. The number of hydrogen-bond acceptors (Lipinski definition) is 2. The van der Waals surface area contributed by atoms with E-state index in [9.17, 15) is 0 Å². The molecule has 0 aromatic heterocycles. The quantitative estimate of drug-likeness (QED) is 0.743. The molecule has 1 aromatic rings. The summed E-state index contributed by atoms with van der Waals surface area (Å²) in [6.07, 6.45) is 5.06. The van der Waals surface area contributed by atoms with Crippen molar-refractivity contribution in [2.75, 3.05) is 13.2 Å². The van der Waals surface area contributed by atoms with E-state index in [1.54, 1.807) is 0 Å². The van der Waals surface area contributed by atoms with Gasteiger partial charge in [-0.2, -0.15) is 0 Å². The molecular formula is C15H16O2. The van der Waals surface area contributed by atoms with Crippen molar-refractivity contribution in [3.8, 4) is 17.6 Å². The molecule has 0 amide bonds. The fraction of sp³-hybridized carbons (Fsp3) is 0.467. The molecule has 3 rings (SSSR count). The number of hydrogen-bond donors (Lipinski definition) is 1. The number of fused-ring (bicyclic) bond motifs is 2. The summed E-state index contributed by atoms with van der Waals surface area (Å²) in [5.74, 6) is 7.35. The van der Waals surface area contributed by atoms with Crippen molar-refractivity contribution in [1.29, 1.82) is 0 Å². The van der Waals surface area contributed by atoms with E-state index in [-0.39, 0.29) is 6.61 Å². The Balaban J connectivity index is 2.09. The highest BCUT2D eigenvalue weighted by molar-refractivity contribution is 5.59. The third kappa shape index (κ3) is 1.81. The van der Waals surface area contributed by atoms with Gasteiger partial charge in [0, 0.05) is 24.0 Å². The Morgan fingerprint density at radius 1 is 1.24 bits per heavy atom. The monoisotopic (exact) mass is 228 g/mol. The maximum Gasteiger partial charge on any atom is 0.124 e. The molecule has 0 saturated carbocycles. The van der Waals surface area contributed by atoms with E-state index in [4.69, 9.17) is 9.84 Å². The standard InChI is InChI=1S/C15H16O2/c16-8-2-1-5-13-12-6-3-4-11(12)10-15-14(13)7-9-17-15/h10,16H,2-4,6-9H2. The lowest BCUT2D eigenvalue weighted by Crippen LogP contribution is -1.94. The second-order valence-electron chi connectivity index (χ2n) is 4.59. The molecule has 1 aromatic carbocycles. The third-order valence-electron chi connectivity index (χ3n) is 3.53. The van der Waals surface area contributed by atoms with E-state index >= 15 is 0 Å². The number of ether oxygens (including phenoxy) is 1. The topological polar surface area (TPSA) is 29.5 Å². The van der Waals surface area contributed by atoms with Gasteiger partial charge < -0.3 is 9.84 Å². The summed E-state index contributed by atoms with van der Waals surface area (Å²) in [5.41, 5.74) is 5.33. The third-order valence-corrected chi connectivity index (χ3v) is 3.53. The van der Waals surface area contributed by atoms with E-state index in [0.29, 0.717) is 6.42 Å². The van der Waals surface area contributed by atoms with Gasteiger partial charge in [0.25, 0.3) is 0 Å². The highest BCUT2D eigenvalue weighted by atomic mass is 16.5. The van der Waals surface area contributed by atoms with Crippen molar-refractivity contribution in [3.63, 3.8) is 0 Å². The van der Waals surface area contributed by atoms with E-state index in [1.165, 1.54) is 28.7 Å². The first-order valence-corrected chi connectivity index (χ1v) is 6.30. The lowest BCUT2D eigenvalue weighted by Gasteiger charge is -2.08. The Morgan fingerprint density at radius 3 is 3.06 bits per heavy atom. The molecule has 0 fully saturated rings. The molecule has 0 saturated heterocycles. The van der Waals surface area contributed by atoms with Gasteiger partial charge in [0.15, 0.2) is 0 Å². The SMILES string of the molecule is OCCC#Cc1c2c(cc3c1CCO3)CCC2. The van der Waals surface area contributed by atoms with E-state index in [0.717, 1.165) is 31.6 Å². The molecule has 0 atom stereocenters. The van der Waals surface area contributed by atoms with Gasteiger partial charge in [0.1, 0.15) is 5.75 Å². The fourth-order valence-electron chi connectivity index (χ4n) is 2.76. The first kappa shape index (κ1) is 10.7. The van der Waals surface area contributed by atoms with Gasteiger partial charge in [0.05, 0.1) is 13.2 Å². The fourth-order valence-corrected chi connectivity index (χ4v) is 2.76. The predicted molar refractivity (Wildman–Crippen MR) is 66.2 cm³/mol. The molecule has 2 aliphatic rings. The molecule has 0 spiro atoms. The minimum Gasteiger partial charge on any atom is -0.493 e. The minimum atomic E-state index is 0.140. The molecule has 1 aliphatic carbocycles. The summed E-state index contributed by atoms with van der Waals surface area (Å²) in [6, 6.07) is 2.21. The van der Waals surface area contributed by atoms with Crippen LogP contribution in [0.25, 0.3) is 0 Å². The van der Waals surface area contributed by atoms with E-state index in [2.05, 4.69) is 17.9 Å². The molecular weight excluding hydrogens is 212 g/mol. The Hall–Kier alpha value is -1.46. The van der Waals surface area contributed by atoms with Crippen LogP contribution in [0.5, 0.6) is 5.75 Å². The number of aryl methyl sites for hydroxylation is 1. The zero-order chi connectivity index (χ0) is 11.7. The highest BCUT2D eigenvalue weighted by Gasteiger charge is 2.23. The Kier molecular flexibility index (Phi) is 2.78. The number of aliphatic hydroxyl groups is 1. The Bertz CT molecular complexity index is 474. The smallest absolute Gasteiger partial charge is 0.124 e. The molecule has 0 unspecified atom stereocenters. The highest BCUT2D eigenvalue weighted by Crippen LogP contribution is 2.36. The zero-order valence-corrected chi connectivity index (χ0v) is 9.88. The maximum absolute atomic E-state index is 8.80. The lowest BCUT2D eigenvalue weighted by atomic mass is 9.96. The number of rotatable bonds is 1. The summed E-state index contributed by atoms with van der Waals surface area (Å²) in [4.78, 5) is 0. The van der Waals surface area contributed by atoms with Crippen LogP contribution >= 0.6 is 0 Å². The van der Waals surface area contributed by atoms with Gasteiger partial charge in [-0.1, -0.05) is 11.8 Å². The van der Waals surface area contributed by atoms with Crippen LogP contribution in [-0.2, 0) is 19.3 Å². The molecule has 2 nitrogen and oxygen atoms in total. The van der Waals surface area contributed by atoms with Gasteiger partial charge in [-0.25, -0.2) is 0 Å². The van der Waals surface area contributed by atoms with Crippen molar-refractivity contribution in [3.05, 3.63) is 28.3 Å². The van der Waals surface area contributed by atoms with Crippen molar-refractivity contribution < 1.29 is 9.84 Å². The van der Waals surface area contributed by atoms with Gasteiger partial charge in [-0.05, 0) is 36.5 Å². The molecule has 17 heavy (non-hydrogen) atoms. The van der Waals surface area contributed by atoms with Crippen LogP contribution in [0, 0.1) is 11.8 Å². The minimum absolute atomic E-state index is 0.140. The molecule has 1 aliphatic heterocycles. The molecule has 88 valence electrons. The van der Waals surface area contributed by atoms with Gasteiger partial charge in [0.2, 0.25) is 0 Å². The first-order chi connectivity index (χ1) is 8.40. The number of aliphatic hydroxyl groups excluding tert-OH is 1. The average Bonchev–Trinajstić information content (AvgIpc) is 2.95. The Morgan fingerprint density at radius 2 is 2.18 bits per heavy atom. The van der Waals surface area contributed by atoms with Crippen molar-refractivity contribution in [1.82, 2.24) is 0 Å². The van der Waals surface area contributed by atoms with Crippen LogP contribution in [0.1, 0.15) is 35.1 Å². The zero-order valence-electron chi connectivity index (χ0n) is 9.88. The summed E-state index contributed by atoms with van der Waals surface area (Å²) >= 11 is 0. The van der Waals surface area contributed by atoms with Gasteiger partial charge in [-0.15, -0.1) is 0 Å². The maximum atomic E-state index is 8.80. The normalized spacial score (nSPS) is 15.8. The summed E-state index contributed by atoms with van der Waals surface area (Å²) in [7, 11) is 0. The first-order valence-electron chi connectivity index (χ1n) is 6.30. The van der Waals surface area contributed by atoms with Crippen molar-refractivity contribution >= 4 is 0 Å². The average molecular weight is 228 g/mol. The van der Waals surface area contributed by atoms with Crippen molar-refractivity contribution in [2.24, 2.45) is 0 Å². The lowest BCUT2D eigenvalue weighted by molar-refractivity contribution is 0.305. The summed E-state index contributed by atoms with van der Waals surface area (Å²) in [6.45, 7) is 0.924. The molecule has 2 heteroatoms. The molecule has 1 N–H and O–H groups in total. The second kappa shape index (κ2) is 4.43. The van der Waals surface area contributed by atoms with Crippen LogP contribution in [0.4, 0.5) is 0 Å². The van der Waals surface area contributed by atoms with Crippen molar-refractivity contribution in [2.45, 2.75) is 32.1 Å². The largest absolute Gasteiger partial charge is 0.493 e. The summed E-state index contributed by atoms with van der Waals surface area (Å²) in [5, 5.41) is 8.80. The van der Waals surface area contributed by atoms with Crippen LogP contribution in [0.2, 0.25) is 0 Å². The van der Waals surface area contributed by atoms with E-state index < -0.39 is 0 Å². The Labute approximate surface area is 102 Å². The molecule has 0 radical (unpaired) electrons. The van der Waals surface area contributed by atoms with Crippen LogP contribution < -0.4 is 4.74 Å². The van der Waals surface area contributed by atoms with Crippen LogP contribution in [0.15, 0.2) is 6.07 Å². The molecule has 0 bridgehead atoms. The van der Waals surface area contributed by atoms with Crippen LogP contribution in [0.3, 0.4) is 0 Å². The summed E-state index contributed by atoms with van der Waals surface area (Å²) < 4.78 is 5.65. The van der Waals surface area contributed by atoms with Crippen LogP contribution in [-0.4, -0.2) is 18.3 Å². The second-order valence-corrected chi connectivity index (χ2v) is 4.59. The van der Waals surface area contributed by atoms with Gasteiger partial charge in [-0.3, -0.25) is 0 Å². The van der Waals surface area contributed by atoms with E-state index in [1.807, 2.05) is 0 Å². The predicted octanol–water partition coefficient (Wildman–Crippen LogP) is 1.84.